The summed E-state index contributed by atoms with van der Waals surface area (Å²) in [6.45, 7) is 0.909. The van der Waals surface area contributed by atoms with Crippen LogP contribution in [-0.4, -0.2) is 37.1 Å². The van der Waals surface area contributed by atoms with Gasteiger partial charge in [0.2, 0.25) is 0 Å². The van der Waals surface area contributed by atoms with Gasteiger partial charge in [-0.1, -0.05) is 12.1 Å². The van der Waals surface area contributed by atoms with E-state index in [-0.39, 0.29) is 12.0 Å². The summed E-state index contributed by atoms with van der Waals surface area (Å²) in [4.78, 5) is 14.8. The predicted molar refractivity (Wildman–Crippen MR) is 93.0 cm³/mol. The smallest absolute Gasteiger partial charge is 0.263 e. The maximum atomic E-state index is 12.4. The van der Waals surface area contributed by atoms with E-state index in [1.54, 1.807) is 11.9 Å². The summed E-state index contributed by atoms with van der Waals surface area (Å²) in [6.07, 6.45) is -0.171. The topological polar surface area (TPSA) is 38.8 Å². The summed E-state index contributed by atoms with van der Waals surface area (Å²) >= 11 is 8.21. The van der Waals surface area contributed by atoms with Gasteiger partial charge < -0.3 is 14.4 Å². The molecule has 0 aliphatic carbocycles. The third-order valence-corrected chi connectivity index (χ3v) is 6.49. The van der Waals surface area contributed by atoms with E-state index in [0.717, 1.165) is 19.8 Å². The van der Waals surface area contributed by atoms with Crippen LogP contribution in [0.15, 0.2) is 38.6 Å². The van der Waals surface area contributed by atoms with E-state index in [1.165, 1.54) is 11.3 Å². The lowest BCUT2D eigenvalue weighted by Crippen LogP contribution is -2.41. The van der Waals surface area contributed by atoms with Crippen LogP contribution >= 0.6 is 43.2 Å². The van der Waals surface area contributed by atoms with E-state index in [4.69, 9.17) is 9.47 Å². The van der Waals surface area contributed by atoms with Gasteiger partial charge in [-0.05, 0) is 50.1 Å². The van der Waals surface area contributed by atoms with Crippen LogP contribution in [0.1, 0.15) is 9.67 Å². The molecule has 1 amide bonds. The van der Waals surface area contributed by atoms with E-state index in [1.807, 2.05) is 30.3 Å². The van der Waals surface area contributed by atoms with E-state index < -0.39 is 0 Å². The number of nitrogens with zero attached hydrogens (tertiary/aromatic N) is 1. The molecule has 2 aromatic rings. The Hall–Kier alpha value is -1.05. The zero-order valence-corrected chi connectivity index (χ0v) is 15.7. The molecule has 2 heterocycles. The number of hydrogen-bond acceptors (Lipinski definition) is 4. The Morgan fingerprint density at radius 1 is 1.36 bits per heavy atom. The average Bonchev–Trinajstić information content (AvgIpc) is 2.85. The van der Waals surface area contributed by atoms with Crippen LogP contribution in [0.5, 0.6) is 11.5 Å². The number of carbonyl (C=O) groups excluding carboxylic acids is 1. The molecule has 3 rings (SSSR count). The van der Waals surface area contributed by atoms with Crippen molar-refractivity contribution in [1.82, 2.24) is 4.90 Å². The van der Waals surface area contributed by atoms with Gasteiger partial charge in [-0.2, -0.15) is 0 Å². The van der Waals surface area contributed by atoms with Crippen LogP contribution < -0.4 is 9.47 Å². The first-order valence-corrected chi connectivity index (χ1v) is 9.03. The highest BCUT2D eigenvalue weighted by Crippen LogP contribution is 2.33. The summed E-state index contributed by atoms with van der Waals surface area (Å²) in [5.74, 6) is 1.44. The van der Waals surface area contributed by atoms with Gasteiger partial charge in [-0.3, -0.25) is 4.79 Å². The predicted octanol–water partition coefficient (Wildman–Crippen LogP) is 4.19. The van der Waals surface area contributed by atoms with Gasteiger partial charge in [0.05, 0.1) is 15.2 Å². The van der Waals surface area contributed by atoms with Gasteiger partial charge in [-0.25, -0.2) is 0 Å². The molecule has 1 atom stereocenters. The Balaban J connectivity index is 1.65. The third-order valence-electron chi connectivity index (χ3n) is 3.25. The highest BCUT2D eigenvalue weighted by molar-refractivity contribution is 9.13. The quantitative estimate of drug-likeness (QED) is 0.709. The van der Waals surface area contributed by atoms with E-state index in [0.29, 0.717) is 18.0 Å². The van der Waals surface area contributed by atoms with E-state index in [9.17, 15) is 4.79 Å². The number of benzene rings is 1. The van der Waals surface area contributed by atoms with Crippen LogP contribution in [0.2, 0.25) is 0 Å². The summed E-state index contributed by atoms with van der Waals surface area (Å²) < 4.78 is 13.4. The Bertz CT molecular complexity index is 684. The molecule has 0 saturated carbocycles. The summed E-state index contributed by atoms with van der Waals surface area (Å²) in [7, 11) is 1.77. The Morgan fingerprint density at radius 3 is 2.77 bits per heavy atom. The molecule has 116 valence electrons. The van der Waals surface area contributed by atoms with Crippen LogP contribution in [0.3, 0.4) is 0 Å². The minimum Gasteiger partial charge on any atom is -0.486 e. The highest BCUT2D eigenvalue weighted by Gasteiger charge is 2.25. The molecule has 0 spiro atoms. The Morgan fingerprint density at radius 2 is 2.09 bits per heavy atom. The third kappa shape index (κ3) is 3.31. The SMILES string of the molecule is CN(C[C@@H]1COc2ccccc2O1)C(=O)c1cc(Br)c(Br)s1. The second-order valence-electron chi connectivity index (χ2n) is 4.92. The molecule has 0 bridgehead atoms. The molecule has 0 fully saturated rings. The van der Waals surface area contributed by atoms with Crippen molar-refractivity contribution in [3.63, 3.8) is 0 Å². The van der Waals surface area contributed by atoms with Crippen molar-refractivity contribution >= 4 is 49.1 Å². The first-order chi connectivity index (χ1) is 10.5. The molecule has 1 aromatic carbocycles. The molecule has 0 unspecified atom stereocenters. The fourth-order valence-corrected chi connectivity index (χ4v) is 4.21. The van der Waals surface area contributed by atoms with Gasteiger partial charge in [0.25, 0.3) is 5.91 Å². The second kappa shape index (κ2) is 6.60. The summed E-state index contributed by atoms with van der Waals surface area (Å²) in [5.41, 5.74) is 0. The molecule has 7 heteroatoms. The molecule has 1 aliphatic heterocycles. The van der Waals surface area contributed by atoms with Crippen molar-refractivity contribution in [3.8, 4) is 11.5 Å². The molecule has 4 nitrogen and oxygen atoms in total. The molecule has 1 aromatic heterocycles. The van der Waals surface area contributed by atoms with E-state index >= 15 is 0 Å². The molecule has 1 aliphatic rings. The van der Waals surface area contributed by atoms with Crippen molar-refractivity contribution in [1.29, 1.82) is 0 Å². The first-order valence-electron chi connectivity index (χ1n) is 6.63. The maximum Gasteiger partial charge on any atom is 0.263 e. The lowest BCUT2D eigenvalue weighted by atomic mass is 10.2. The van der Waals surface area contributed by atoms with Gasteiger partial charge in [0, 0.05) is 11.5 Å². The number of rotatable bonds is 3. The monoisotopic (exact) mass is 445 g/mol. The van der Waals surface area contributed by atoms with Gasteiger partial charge in [0.15, 0.2) is 17.6 Å². The molecule has 22 heavy (non-hydrogen) atoms. The molecule has 0 radical (unpaired) electrons. The zero-order valence-electron chi connectivity index (χ0n) is 11.7. The van der Waals surface area contributed by atoms with Crippen LogP contribution in [0, 0.1) is 0 Å². The van der Waals surface area contributed by atoms with Crippen molar-refractivity contribution in [3.05, 3.63) is 43.5 Å². The minimum atomic E-state index is -0.171. The zero-order chi connectivity index (χ0) is 15.7. The lowest BCUT2D eigenvalue weighted by molar-refractivity contribution is 0.0524. The molecule has 0 N–H and O–H groups in total. The molecular formula is C15H13Br2NO3S. The lowest BCUT2D eigenvalue weighted by Gasteiger charge is -2.29. The Labute approximate surface area is 149 Å². The minimum absolute atomic E-state index is 0.0288. The number of halogens is 2. The number of likely N-dealkylation sites (N-methyl/N-ethyl adjacent to an activating group) is 1. The number of para-hydroxylation sites is 2. The molecular weight excluding hydrogens is 434 g/mol. The number of carbonyl (C=O) groups is 1. The summed E-state index contributed by atoms with van der Waals surface area (Å²) in [6, 6.07) is 9.38. The van der Waals surface area contributed by atoms with Crippen LogP contribution in [0.4, 0.5) is 0 Å². The fourth-order valence-electron chi connectivity index (χ4n) is 2.18. The standard InChI is InChI=1S/C15H13Br2NO3S/c1-18(15(19)13-6-10(16)14(17)22-13)7-9-8-20-11-4-2-3-5-12(11)21-9/h2-6,9H,7-8H2,1H3/t9-/m1/s1. The van der Waals surface area contributed by atoms with Gasteiger partial charge in [-0.15, -0.1) is 11.3 Å². The largest absolute Gasteiger partial charge is 0.486 e. The van der Waals surface area contributed by atoms with Crippen molar-refractivity contribution in [2.75, 3.05) is 20.2 Å². The fraction of sp³-hybridized carbons (Fsp3) is 0.267. The number of hydrogen-bond donors (Lipinski definition) is 0. The average molecular weight is 447 g/mol. The van der Waals surface area contributed by atoms with Crippen LogP contribution in [0.25, 0.3) is 0 Å². The summed E-state index contributed by atoms with van der Waals surface area (Å²) in [5, 5.41) is 0. The van der Waals surface area contributed by atoms with Gasteiger partial charge >= 0.3 is 0 Å². The maximum absolute atomic E-state index is 12.4. The second-order valence-corrected chi connectivity index (χ2v) is 8.14. The van der Waals surface area contributed by atoms with Crippen molar-refractivity contribution in [2.24, 2.45) is 0 Å². The van der Waals surface area contributed by atoms with E-state index in [2.05, 4.69) is 31.9 Å². The van der Waals surface area contributed by atoms with Crippen LogP contribution in [-0.2, 0) is 0 Å². The number of amides is 1. The van der Waals surface area contributed by atoms with Gasteiger partial charge in [0.1, 0.15) is 6.61 Å². The first kappa shape index (κ1) is 15.8. The van der Waals surface area contributed by atoms with Crippen molar-refractivity contribution < 1.29 is 14.3 Å². The molecule has 0 saturated heterocycles. The number of thiophene rings is 1. The number of fused-ring (bicyclic) bond motifs is 1. The normalized spacial score (nSPS) is 16.4. The number of ether oxygens (including phenoxy) is 2. The Kier molecular flexibility index (Phi) is 4.75. The highest BCUT2D eigenvalue weighted by atomic mass is 79.9. The van der Waals surface area contributed by atoms with Crippen molar-refractivity contribution in [2.45, 2.75) is 6.10 Å².